The van der Waals surface area contributed by atoms with Crippen LogP contribution in [0.2, 0.25) is 0 Å². The minimum absolute atomic E-state index is 1.18. The van der Waals surface area contributed by atoms with E-state index in [1.165, 1.54) is 66.0 Å². The Hall–Kier alpha value is -4.30. The van der Waals surface area contributed by atoms with Crippen molar-refractivity contribution in [2.45, 2.75) is 6.92 Å². The second kappa shape index (κ2) is 6.85. The molecule has 0 amide bonds. The van der Waals surface area contributed by atoms with Crippen molar-refractivity contribution in [2.24, 2.45) is 0 Å². The molecule has 2 nitrogen and oxygen atoms in total. The summed E-state index contributed by atoms with van der Waals surface area (Å²) in [6.07, 6.45) is 0. The molecule has 0 aliphatic carbocycles. The topological polar surface area (TPSA) is 20.7 Å². The summed E-state index contributed by atoms with van der Waals surface area (Å²) in [7, 11) is 0. The van der Waals surface area contributed by atoms with Gasteiger partial charge in [-0.3, -0.25) is 0 Å². The number of hydrogen-bond donors (Lipinski definition) is 1. The van der Waals surface area contributed by atoms with E-state index in [0.29, 0.717) is 0 Å². The van der Waals surface area contributed by atoms with Gasteiger partial charge in [-0.05, 0) is 66.6 Å². The van der Waals surface area contributed by atoms with Crippen molar-refractivity contribution in [1.29, 1.82) is 0 Å². The van der Waals surface area contributed by atoms with Crippen LogP contribution in [0.5, 0.6) is 0 Å². The van der Waals surface area contributed by atoms with Crippen LogP contribution < -0.4 is 0 Å². The third kappa shape index (κ3) is 2.74. The number of hydrogen-bond acceptors (Lipinski definition) is 0. The van der Waals surface area contributed by atoms with Crippen LogP contribution in [0.4, 0.5) is 0 Å². The van der Waals surface area contributed by atoms with E-state index in [4.69, 9.17) is 0 Å². The van der Waals surface area contributed by atoms with Gasteiger partial charge in [0.2, 0.25) is 0 Å². The predicted molar refractivity (Wildman–Crippen MR) is 140 cm³/mol. The molecule has 33 heavy (non-hydrogen) atoms. The number of nitrogens with zero attached hydrogens (tertiary/aromatic N) is 1. The van der Waals surface area contributed by atoms with Gasteiger partial charge in [0, 0.05) is 38.3 Å². The van der Waals surface area contributed by atoms with Gasteiger partial charge in [0.05, 0.1) is 11.0 Å². The van der Waals surface area contributed by atoms with Gasteiger partial charge >= 0.3 is 0 Å². The highest BCUT2D eigenvalue weighted by atomic mass is 15.0. The lowest BCUT2D eigenvalue weighted by Crippen LogP contribution is -1.93. The largest absolute Gasteiger partial charge is 0.355 e. The Morgan fingerprint density at radius 3 is 1.79 bits per heavy atom. The van der Waals surface area contributed by atoms with Gasteiger partial charge in [-0.1, -0.05) is 66.2 Å². The molecule has 2 aromatic heterocycles. The minimum Gasteiger partial charge on any atom is -0.355 e. The number of fused-ring (bicyclic) bond motifs is 6. The number of para-hydroxylation sites is 2. The fraction of sp³-hybridized carbons (Fsp3) is 0.0323. The number of benzene rings is 5. The molecule has 0 atom stereocenters. The molecular formula is C31H22N2. The molecule has 0 saturated carbocycles. The molecule has 2 heteroatoms. The van der Waals surface area contributed by atoms with Gasteiger partial charge in [0.25, 0.3) is 0 Å². The van der Waals surface area contributed by atoms with E-state index in [0.717, 1.165) is 0 Å². The van der Waals surface area contributed by atoms with Crippen LogP contribution in [-0.4, -0.2) is 9.55 Å². The molecule has 0 bridgehead atoms. The number of aromatic amines is 1. The molecule has 2 heterocycles. The summed E-state index contributed by atoms with van der Waals surface area (Å²) in [5.74, 6) is 0. The first-order valence-corrected chi connectivity index (χ1v) is 11.4. The van der Waals surface area contributed by atoms with Crippen LogP contribution in [0.15, 0.2) is 109 Å². The first-order valence-electron chi connectivity index (χ1n) is 11.4. The molecular weight excluding hydrogens is 400 g/mol. The molecule has 156 valence electrons. The molecule has 0 spiro atoms. The second-order valence-electron chi connectivity index (χ2n) is 8.85. The van der Waals surface area contributed by atoms with Crippen LogP contribution in [0.25, 0.3) is 60.4 Å². The van der Waals surface area contributed by atoms with E-state index >= 15 is 0 Å². The monoisotopic (exact) mass is 422 g/mol. The average Bonchev–Trinajstić information content (AvgIpc) is 3.39. The second-order valence-corrected chi connectivity index (χ2v) is 8.85. The van der Waals surface area contributed by atoms with E-state index in [1.54, 1.807) is 0 Å². The first-order chi connectivity index (χ1) is 16.3. The van der Waals surface area contributed by atoms with Gasteiger partial charge in [0.1, 0.15) is 0 Å². The minimum atomic E-state index is 1.18. The number of nitrogens with one attached hydrogen (secondary N) is 1. The number of aryl methyl sites for hydroxylation is 1. The summed E-state index contributed by atoms with van der Waals surface area (Å²) in [4.78, 5) is 3.54. The smallest absolute Gasteiger partial charge is 0.0541 e. The highest BCUT2D eigenvalue weighted by Gasteiger charge is 2.12. The Kier molecular flexibility index (Phi) is 3.80. The number of aromatic nitrogens is 2. The van der Waals surface area contributed by atoms with Gasteiger partial charge in [-0.2, -0.15) is 0 Å². The summed E-state index contributed by atoms with van der Waals surface area (Å²) in [5, 5.41) is 5.14. The van der Waals surface area contributed by atoms with Crippen molar-refractivity contribution in [3.05, 3.63) is 115 Å². The lowest BCUT2D eigenvalue weighted by Gasteiger charge is -2.09. The Labute approximate surface area is 191 Å². The average molecular weight is 423 g/mol. The molecule has 0 aliphatic rings. The molecule has 0 fully saturated rings. The summed E-state index contributed by atoms with van der Waals surface area (Å²) in [6.45, 7) is 2.15. The SMILES string of the molecule is Cc1ccc2[nH]c3ccc(-c4ccc(-n5c6ccccc6c6ccccc65)cc4)cc3c2c1. The highest BCUT2D eigenvalue weighted by molar-refractivity contribution is 6.10. The molecule has 5 aromatic carbocycles. The van der Waals surface area contributed by atoms with Gasteiger partial charge in [-0.15, -0.1) is 0 Å². The Morgan fingerprint density at radius 2 is 1.09 bits per heavy atom. The predicted octanol–water partition coefficient (Wildman–Crippen LogP) is 8.39. The quantitative estimate of drug-likeness (QED) is 0.289. The van der Waals surface area contributed by atoms with Gasteiger partial charge in [-0.25, -0.2) is 0 Å². The van der Waals surface area contributed by atoms with Crippen molar-refractivity contribution >= 4 is 43.6 Å². The first kappa shape index (κ1) is 18.3. The van der Waals surface area contributed by atoms with E-state index in [2.05, 4.69) is 126 Å². The van der Waals surface area contributed by atoms with E-state index < -0.39 is 0 Å². The Balaban J connectivity index is 1.37. The molecule has 0 unspecified atom stereocenters. The third-order valence-electron chi connectivity index (χ3n) is 6.79. The van der Waals surface area contributed by atoms with Gasteiger partial charge < -0.3 is 9.55 Å². The van der Waals surface area contributed by atoms with Crippen LogP contribution in [0.1, 0.15) is 5.56 Å². The van der Waals surface area contributed by atoms with Gasteiger partial charge in [0.15, 0.2) is 0 Å². The fourth-order valence-corrected chi connectivity index (χ4v) is 5.19. The zero-order valence-corrected chi connectivity index (χ0v) is 18.3. The number of H-pyrrole nitrogens is 1. The van der Waals surface area contributed by atoms with Crippen LogP contribution >= 0.6 is 0 Å². The zero-order chi connectivity index (χ0) is 21.9. The summed E-state index contributed by atoms with van der Waals surface area (Å²) in [5.41, 5.74) is 9.77. The lowest BCUT2D eigenvalue weighted by molar-refractivity contribution is 1.18. The molecule has 1 N–H and O–H groups in total. The Morgan fingerprint density at radius 1 is 0.515 bits per heavy atom. The maximum atomic E-state index is 3.54. The standard InChI is InChI=1S/C31H22N2/c1-20-10-16-28-26(18-20)27-19-22(13-17-29(27)32-28)21-11-14-23(15-12-21)33-30-8-4-2-6-24(30)25-7-3-5-9-31(25)33/h2-19,32H,1H3. The normalized spacial score (nSPS) is 11.8. The third-order valence-corrected chi connectivity index (χ3v) is 6.79. The number of rotatable bonds is 2. The van der Waals surface area contributed by atoms with Crippen molar-refractivity contribution < 1.29 is 0 Å². The lowest BCUT2D eigenvalue weighted by atomic mass is 10.0. The van der Waals surface area contributed by atoms with Crippen LogP contribution in [0.3, 0.4) is 0 Å². The Bertz CT molecular complexity index is 1760. The maximum Gasteiger partial charge on any atom is 0.0541 e. The molecule has 0 aliphatic heterocycles. The summed E-state index contributed by atoms with van der Waals surface area (Å²) < 4.78 is 2.36. The fourth-order valence-electron chi connectivity index (χ4n) is 5.19. The van der Waals surface area contributed by atoms with Crippen LogP contribution in [-0.2, 0) is 0 Å². The zero-order valence-electron chi connectivity index (χ0n) is 18.3. The van der Waals surface area contributed by atoms with Crippen molar-refractivity contribution in [2.75, 3.05) is 0 Å². The molecule has 7 aromatic rings. The maximum absolute atomic E-state index is 3.54. The van der Waals surface area contributed by atoms with E-state index in [9.17, 15) is 0 Å². The van der Waals surface area contributed by atoms with E-state index in [-0.39, 0.29) is 0 Å². The summed E-state index contributed by atoms with van der Waals surface area (Å²) >= 11 is 0. The van der Waals surface area contributed by atoms with Crippen molar-refractivity contribution in [1.82, 2.24) is 9.55 Å². The van der Waals surface area contributed by atoms with Crippen molar-refractivity contribution in [3.63, 3.8) is 0 Å². The van der Waals surface area contributed by atoms with Crippen LogP contribution in [0, 0.1) is 6.92 Å². The molecule has 7 rings (SSSR count). The molecule has 0 radical (unpaired) electrons. The highest BCUT2D eigenvalue weighted by Crippen LogP contribution is 2.34. The molecule has 0 saturated heterocycles. The van der Waals surface area contributed by atoms with Crippen molar-refractivity contribution in [3.8, 4) is 16.8 Å². The van der Waals surface area contributed by atoms with E-state index in [1.807, 2.05) is 0 Å². The summed E-state index contributed by atoms with van der Waals surface area (Å²) in [6, 6.07) is 39.5.